The van der Waals surface area contributed by atoms with Gasteiger partial charge in [-0.2, -0.15) is 0 Å². The van der Waals surface area contributed by atoms with Crippen molar-refractivity contribution in [2.45, 2.75) is 31.1 Å². The number of allylic oxidation sites excluding steroid dienone is 5. The van der Waals surface area contributed by atoms with Crippen molar-refractivity contribution in [1.29, 1.82) is 0 Å². The third kappa shape index (κ3) is 4.96. The third-order valence-corrected chi connectivity index (χ3v) is 12.7. The minimum absolute atomic E-state index is 0.577. The number of ether oxygens (including phenoxy) is 1. The molecule has 4 heteroatoms. The highest BCUT2D eigenvalue weighted by molar-refractivity contribution is 6.00. The molecule has 0 saturated carbocycles. The number of anilines is 6. The molecule has 8 aromatic rings. The molecule has 0 amide bonds. The highest BCUT2D eigenvalue weighted by Gasteiger charge is 2.52. The molecule has 3 heterocycles. The van der Waals surface area contributed by atoms with Crippen LogP contribution in [0.25, 0.3) is 22.7 Å². The molecule has 0 radical (unpaired) electrons. The van der Waals surface area contributed by atoms with Crippen LogP contribution in [0.5, 0.6) is 5.75 Å². The van der Waals surface area contributed by atoms with Crippen LogP contribution < -0.4 is 14.5 Å². The van der Waals surface area contributed by atoms with Crippen LogP contribution in [0.2, 0.25) is 0 Å². The maximum Gasteiger partial charge on any atom is 0.141 e. The molecule has 0 bridgehead atoms. The lowest BCUT2D eigenvalue weighted by Crippen LogP contribution is -2.41. The molecule has 282 valence electrons. The molecule has 0 atom stereocenters. The van der Waals surface area contributed by atoms with Gasteiger partial charge in [0.2, 0.25) is 0 Å². The molecule has 4 aliphatic rings. The summed E-state index contributed by atoms with van der Waals surface area (Å²) < 4.78 is 9.81. The molecule has 0 fully saturated rings. The topological polar surface area (TPSA) is 20.6 Å². The fraction of sp³-hybridized carbons (Fsp3) is 0.0909. The van der Waals surface area contributed by atoms with Gasteiger partial charge in [0.25, 0.3) is 0 Å². The fourth-order valence-electron chi connectivity index (χ4n) is 10.4. The van der Waals surface area contributed by atoms with Gasteiger partial charge in [-0.1, -0.05) is 115 Å². The van der Waals surface area contributed by atoms with Crippen molar-refractivity contribution in [2.24, 2.45) is 0 Å². The molecule has 0 unspecified atom stereocenters. The highest BCUT2D eigenvalue weighted by Crippen LogP contribution is 2.63. The molecule has 4 nitrogen and oxygen atoms in total. The fourth-order valence-corrected chi connectivity index (χ4v) is 10.4. The minimum Gasteiger partial charge on any atom is -0.460 e. The molecule has 1 spiro atoms. The van der Waals surface area contributed by atoms with Gasteiger partial charge in [0.05, 0.1) is 22.3 Å². The largest absolute Gasteiger partial charge is 0.460 e. The summed E-state index contributed by atoms with van der Waals surface area (Å²) in [5, 5.41) is 1.22. The van der Waals surface area contributed by atoms with Crippen molar-refractivity contribution in [3.8, 4) is 11.4 Å². The molecule has 0 N–H and O–H groups in total. The molecule has 7 aromatic carbocycles. The lowest BCUT2D eigenvalue weighted by molar-refractivity contribution is 0.366. The zero-order chi connectivity index (χ0) is 38.9. The van der Waals surface area contributed by atoms with Crippen LogP contribution in [0.4, 0.5) is 34.1 Å². The Labute approximate surface area is 344 Å². The van der Waals surface area contributed by atoms with Crippen LogP contribution in [-0.2, 0) is 11.8 Å². The molecule has 12 rings (SSSR count). The Kier molecular flexibility index (Phi) is 7.67. The molecule has 2 aliphatic carbocycles. The molecule has 0 saturated heterocycles. The van der Waals surface area contributed by atoms with E-state index in [1.54, 1.807) is 0 Å². The van der Waals surface area contributed by atoms with Crippen molar-refractivity contribution >= 4 is 51.1 Å². The summed E-state index contributed by atoms with van der Waals surface area (Å²) >= 11 is 0. The summed E-state index contributed by atoms with van der Waals surface area (Å²) in [6.45, 7) is 0. The van der Waals surface area contributed by atoms with Gasteiger partial charge in [0, 0.05) is 57.1 Å². The van der Waals surface area contributed by atoms with Gasteiger partial charge >= 0.3 is 0 Å². The first-order chi connectivity index (χ1) is 29.3. The van der Waals surface area contributed by atoms with Gasteiger partial charge in [0.1, 0.15) is 11.5 Å². The highest BCUT2D eigenvalue weighted by atomic mass is 16.5. The van der Waals surface area contributed by atoms with Crippen molar-refractivity contribution < 1.29 is 4.74 Å². The SMILES string of the molecule is C1=CC2=C(CC1)Oc1c(ccc3c1c1c(n3-c3ccc(N(c4ccccc4)c4ccccc4)cc3)C=CCC1)C21c2ccccc2N(c2ccccc2)c2ccccc21. The Bertz CT molecular complexity index is 2920. The van der Waals surface area contributed by atoms with E-state index in [1.165, 1.54) is 55.8 Å². The normalized spacial score (nSPS) is 15.6. The maximum atomic E-state index is 7.35. The number of hydrogen-bond acceptors (Lipinski definition) is 3. The summed E-state index contributed by atoms with van der Waals surface area (Å²) in [6.07, 6.45) is 13.1. The summed E-state index contributed by atoms with van der Waals surface area (Å²) in [6, 6.07) is 63.9. The third-order valence-electron chi connectivity index (χ3n) is 12.7. The monoisotopic (exact) mass is 759 g/mol. The second-order valence-corrected chi connectivity index (χ2v) is 15.8. The summed E-state index contributed by atoms with van der Waals surface area (Å²) in [7, 11) is 0. The van der Waals surface area contributed by atoms with Gasteiger partial charge in [-0.05, 0) is 121 Å². The Morgan fingerprint density at radius 3 is 1.75 bits per heavy atom. The Morgan fingerprint density at radius 1 is 0.492 bits per heavy atom. The Balaban J connectivity index is 1.09. The van der Waals surface area contributed by atoms with Crippen molar-refractivity contribution in [2.75, 3.05) is 9.80 Å². The second kappa shape index (κ2) is 13.4. The molecule has 1 aromatic heterocycles. The van der Waals surface area contributed by atoms with Crippen LogP contribution in [0.15, 0.2) is 205 Å². The molecular weight excluding hydrogens is 719 g/mol. The van der Waals surface area contributed by atoms with Crippen molar-refractivity contribution in [3.05, 3.63) is 233 Å². The van der Waals surface area contributed by atoms with E-state index in [0.717, 1.165) is 65.6 Å². The number of nitrogens with zero attached hydrogens (tertiary/aromatic N) is 3. The molecular formula is C55H41N3O. The first kappa shape index (κ1) is 33.8. The molecule has 2 aliphatic heterocycles. The minimum atomic E-state index is -0.577. The quantitative estimate of drug-likeness (QED) is 0.174. The van der Waals surface area contributed by atoms with Crippen LogP contribution in [0, 0.1) is 0 Å². The van der Waals surface area contributed by atoms with Gasteiger partial charge < -0.3 is 19.1 Å². The first-order valence-electron chi connectivity index (χ1n) is 20.8. The maximum absolute atomic E-state index is 7.35. The lowest BCUT2D eigenvalue weighted by atomic mass is 9.59. The van der Waals surface area contributed by atoms with Gasteiger partial charge in [-0.25, -0.2) is 0 Å². The predicted octanol–water partition coefficient (Wildman–Crippen LogP) is 14.2. The number of benzene rings is 7. The number of hydrogen-bond donors (Lipinski definition) is 0. The van der Waals surface area contributed by atoms with Crippen LogP contribution >= 0.6 is 0 Å². The standard InChI is InChI=1S/C55H41N3O/c1-4-18-38(19-5-1)56(39-20-6-2-7-21-39)41-32-34-42(35-33-41)57-48-28-14-10-24-43(48)53-51(57)37-36-47-54(53)59-52-31-17-13-27-46(52)55(47)44-25-11-15-29-49(44)58(40-22-8-3-9-23-40)50-30-16-12-26-45(50)55/h1-9,11-16,18-23,25-30,32-37H,10,17,24,31H2. The lowest BCUT2D eigenvalue weighted by Gasteiger charge is -2.49. The van der Waals surface area contributed by atoms with E-state index in [1.807, 2.05) is 0 Å². The summed E-state index contributed by atoms with van der Waals surface area (Å²) in [4.78, 5) is 4.76. The summed E-state index contributed by atoms with van der Waals surface area (Å²) in [5.41, 5.74) is 16.2. The van der Waals surface area contributed by atoms with E-state index >= 15 is 0 Å². The predicted molar refractivity (Wildman–Crippen MR) is 242 cm³/mol. The Morgan fingerprint density at radius 2 is 1.07 bits per heavy atom. The van der Waals surface area contributed by atoms with E-state index in [4.69, 9.17) is 4.74 Å². The van der Waals surface area contributed by atoms with Crippen LogP contribution in [-0.4, -0.2) is 4.57 Å². The Hall–Kier alpha value is -7.30. The van der Waals surface area contributed by atoms with Gasteiger partial charge in [-0.3, -0.25) is 0 Å². The van der Waals surface area contributed by atoms with E-state index in [-0.39, 0.29) is 0 Å². The van der Waals surface area contributed by atoms with E-state index in [2.05, 4.69) is 215 Å². The number of aryl methyl sites for hydroxylation is 1. The van der Waals surface area contributed by atoms with E-state index in [0.29, 0.717) is 0 Å². The number of fused-ring (bicyclic) bond motifs is 11. The smallest absolute Gasteiger partial charge is 0.141 e. The van der Waals surface area contributed by atoms with E-state index < -0.39 is 5.41 Å². The first-order valence-corrected chi connectivity index (χ1v) is 20.8. The van der Waals surface area contributed by atoms with Crippen LogP contribution in [0.1, 0.15) is 47.2 Å². The van der Waals surface area contributed by atoms with Gasteiger partial charge in [-0.15, -0.1) is 0 Å². The zero-order valence-corrected chi connectivity index (χ0v) is 32.6. The van der Waals surface area contributed by atoms with E-state index in [9.17, 15) is 0 Å². The van der Waals surface area contributed by atoms with Crippen molar-refractivity contribution in [3.63, 3.8) is 0 Å². The molecule has 59 heavy (non-hydrogen) atoms. The average Bonchev–Trinajstić information content (AvgIpc) is 3.65. The average molecular weight is 760 g/mol. The number of rotatable bonds is 5. The van der Waals surface area contributed by atoms with Crippen LogP contribution in [0.3, 0.4) is 0 Å². The number of para-hydroxylation sites is 5. The van der Waals surface area contributed by atoms with Crippen molar-refractivity contribution in [1.82, 2.24) is 4.57 Å². The second-order valence-electron chi connectivity index (χ2n) is 15.8. The summed E-state index contributed by atoms with van der Waals surface area (Å²) in [5.74, 6) is 2.07. The zero-order valence-electron chi connectivity index (χ0n) is 32.6. The number of aromatic nitrogens is 1. The van der Waals surface area contributed by atoms with Gasteiger partial charge in [0.15, 0.2) is 0 Å².